The highest BCUT2D eigenvalue weighted by Gasteiger charge is 2.29. The van der Waals surface area contributed by atoms with Crippen LogP contribution in [0.25, 0.3) is 0 Å². The van der Waals surface area contributed by atoms with Crippen LogP contribution in [0.2, 0.25) is 0 Å². The van der Waals surface area contributed by atoms with Crippen molar-refractivity contribution in [1.82, 2.24) is 0 Å². The molecule has 0 spiro atoms. The minimum absolute atomic E-state index is 0.0258. The number of aldehydes is 1. The molecule has 0 radical (unpaired) electrons. The molecule has 4 atom stereocenters. The first kappa shape index (κ1) is 19.3. The molecular formula is C6H12Cl2O8S. The van der Waals surface area contributed by atoms with Crippen LogP contribution in [0, 0.1) is 0 Å². The Balaban J connectivity index is 0. The van der Waals surface area contributed by atoms with E-state index in [1.165, 1.54) is 0 Å². The molecule has 0 aromatic heterocycles. The number of halogens is 2. The summed E-state index contributed by atoms with van der Waals surface area (Å²) in [5.74, 6) is 0. The van der Waals surface area contributed by atoms with Crippen LogP contribution in [0.4, 0.5) is 0 Å². The molecule has 0 saturated heterocycles. The lowest BCUT2D eigenvalue weighted by Gasteiger charge is -2.22. The summed E-state index contributed by atoms with van der Waals surface area (Å²) in [7, 11) is 4.81. The molecule has 0 amide bonds. The van der Waals surface area contributed by atoms with E-state index in [2.05, 4.69) is 21.4 Å². The summed E-state index contributed by atoms with van der Waals surface area (Å²) in [5, 5.41) is 43.5. The third kappa shape index (κ3) is 12.2. The van der Waals surface area contributed by atoms with E-state index >= 15 is 0 Å². The Labute approximate surface area is 106 Å². The standard InChI is InChI=1S/C6H12O6.Cl2O2S/c7-1-3(9)5(11)6(12)4(10)2-8;1-5(2,3)4/h1,3-6,8-12H,2H2;. The molecule has 5 N–H and O–H groups in total. The van der Waals surface area contributed by atoms with E-state index in [1.54, 1.807) is 0 Å². The summed E-state index contributed by atoms with van der Waals surface area (Å²) in [5.41, 5.74) is 0. The zero-order valence-corrected chi connectivity index (χ0v) is 10.5. The van der Waals surface area contributed by atoms with Gasteiger partial charge in [-0.2, -0.15) is 8.42 Å². The summed E-state index contributed by atoms with van der Waals surface area (Å²) in [4.78, 5) is 9.90. The summed E-state index contributed by atoms with van der Waals surface area (Å²) in [6.45, 7) is -0.760. The van der Waals surface area contributed by atoms with Crippen LogP contribution in [0.3, 0.4) is 0 Å². The summed E-state index contributed by atoms with van der Waals surface area (Å²) >= 11 is 0. The van der Waals surface area contributed by atoms with E-state index in [9.17, 15) is 4.79 Å². The Hall–Kier alpha value is -0.000000000000000111. The van der Waals surface area contributed by atoms with E-state index in [-0.39, 0.29) is 6.29 Å². The van der Waals surface area contributed by atoms with Gasteiger partial charge in [-0.1, -0.05) is 0 Å². The summed E-state index contributed by atoms with van der Waals surface area (Å²) in [6.07, 6.45) is -6.84. The van der Waals surface area contributed by atoms with Crippen LogP contribution >= 0.6 is 21.4 Å². The van der Waals surface area contributed by atoms with Gasteiger partial charge in [-0.05, 0) is 0 Å². The van der Waals surface area contributed by atoms with Crippen molar-refractivity contribution in [3.63, 3.8) is 0 Å². The van der Waals surface area contributed by atoms with Gasteiger partial charge in [0.25, 0.3) is 0 Å². The molecule has 11 heteroatoms. The van der Waals surface area contributed by atoms with E-state index in [0.29, 0.717) is 0 Å². The van der Waals surface area contributed by atoms with Gasteiger partial charge < -0.3 is 30.3 Å². The highest BCUT2D eigenvalue weighted by Crippen LogP contribution is 2.02. The maximum Gasteiger partial charge on any atom is 0.317 e. The number of hydrogen-bond donors (Lipinski definition) is 5. The molecule has 0 rings (SSSR count). The number of rotatable bonds is 5. The second-order valence-corrected chi connectivity index (χ2v) is 6.40. The minimum Gasteiger partial charge on any atom is -0.394 e. The SMILES string of the molecule is O=CC(O)C(O)C(O)C(O)CO.O=S(=O)(Cl)Cl. The molecule has 17 heavy (non-hydrogen) atoms. The molecule has 4 unspecified atom stereocenters. The molecule has 0 aromatic carbocycles. The van der Waals surface area contributed by atoms with Gasteiger partial charge in [0.2, 0.25) is 0 Å². The van der Waals surface area contributed by atoms with Crippen LogP contribution in [0.5, 0.6) is 0 Å². The van der Waals surface area contributed by atoms with Gasteiger partial charge in [0.15, 0.2) is 6.29 Å². The fourth-order valence-electron chi connectivity index (χ4n) is 0.618. The molecule has 0 saturated carbocycles. The third-order valence-electron chi connectivity index (χ3n) is 1.42. The zero-order chi connectivity index (χ0) is 14.2. The molecule has 0 aliphatic heterocycles. The first-order valence-electron chi connectivity index (χ1n) is 3.97. The van der Waals surface area contributed by atoms with Crippen LogP contribution in [-0.4, -0.2) is 71.3 Å². The van der Waals surface area contributed by atoms with Crippen molar-refractivity contribution in [3.8, 4) is 0 Å². The third-order valence-corrected chi connectivity index (χ3v) is 1.42. The monoisotopic (exact) mass is 314 g/mol. The van der Waals surface area contributed by atoms with E-state index in [1.807, 2.05) is 0 Å². The second-order valence-electron chi connectivity index (χ2n) is 2.74. The molecule has 0 aromatic rings. The Kier molecular flexibility index (Phi) is 10.2. The van der Waals surface area contributed by atoms with E-state index in [4.69, 9.17) is 34.0 Å². The summed E-state index contributed by atoms with van der Waals surface area (Å²) in [6, 6.07) is 0. The van der Waals surface area contributed by atoms with Crippen LogP contribution in [-0.2, 0) is 13.1 Å². The van der Waals surface area contributed by atoms with E-state index in [0.717, 1.165) is 0 Å². The number of carbonyl (C=O) groups is 1. The number of aliphatic hydroxyl groups excluding tert-OH is 5. The van der Waals surface area contributed by atoms with Gasteiger partial charge >= 0.3 is 8.26 Å². The van der Waals surface area contributed by atoms with Crippen molar-refractivity contribution in [2.45, 2.75) is 24.4 Å². The molecule has 0 aliphatic carbocycles. The Morgan fingerprint density at radius 2 is 1.41 bits per heavy atom. The molecule has 0 bridgehead atoms. The lowest BCUT2D eigenvalue weighted by atomic mass is 10.0. The Morgan fingerprint density at radius 1 is 1.06 bits per heavy atom. The maximum absolute atomic E-state index is 9.90. The molecule has 104 valence electrons. The van der Waals surface area contributed by atoms with E-state index < -0.39 is 39.3 Å². The quantitative estimate of drug-likeness (QED) is 0.272. The van der Waals surface area contributed by atoms with Crippen molar-refractivity contribution < 1.29 is 38.7 Å². The Bertz CT molecular complexity index is 299. The number of hydrogen-bond acceptors (Lipinski definition) is 8. The topological polar surface area (TPSA) is 152 Å². The van der Waals surface area contributed by atoms with Crippen LogP contribution < -0.4 is 0 Å². The van der Waals surface area contributed by atoms with Gasteiger partial charge in [0.05, 0.1) is 6.61 Å². The number of aliphatic hydroxyl groups is 5. The van der Waals surface area contributed by atoms with Gasteiger partial charge in [-0.25, -0.2) is 0 Å². The second kappa shape index (κ2) is 9.00. The predicted molar refractivity (Wildman–Crippen MR) is 57.8 cm³/mol. The zero-order valence-electron chi connectivity index (χ0n) is 8.22. The molecular weight excluding hydrogens is 303 g/mol. The van der Waals surface area contributed by atoms with Crippen molar-refractivity contribution >= 4 is 35.9 Å². The van der Waals surface area contributed by atoms with Gasteiger partial charge in [-0.15, -0.1) is 0 Å². The van der Waals surface area contributed by atoms with Gasteiger partial charge in [-0.3, -0.25) is 0 Å². The van der Waals surface area contributed by atoms with Gasteiger partial charge in [0.1, 0.15) is 24.4 Å². The first-order valence-corrected chi connectivity index (χ1v) is 7.10. The van der Waals surface area contributed by atoms with Gasteiger partial charge in [0, 0.05) is 21.4 Å². The largest absolute Gasteiger partial charge is 0.394 e. The van der Waals surface area contributed by atoms with Crippen molar-refractivity contribution in [3.05, 3.63) is 0 Å². The van der Waals surface area contributed by atoms with Crippen molar-refractivity contribution in [1.29, 1.82) is 0 Å². The highest BCUT2D eigenvalue weighted by molar-refractivity contribution is 8.31. The molecule has 0 aliphatic rings. The minimum atomic E-state index is -3.72. The average molecular weight is 315 g/mol. The highest BCUT2D eigenvalue weighted by atomic mass is 36.0. The lowest BCUT2D eigenvalue weighted by molar-refractivity contribution is -0.136. The fourth-order valence-corrected chi connectivity index (χ4v) is 0.618. The maximum atomic E-state index is 9.90. The fraction of sp³-hybridized carbons (Fsp3) is 0.833. The smallest absolute Gasteiger partial charge is 0.317 e. The average Bonchev–Trinajstić information content (AvgIpc) is 2.22. The van der Waals surface area contributed by atoms with Crippen LogP contribution in [0.1, 0.15) is 0 Å². The molecule has 0 fully saturated rings. The predicted octanol–water partition coefficient (Wildman–Crippen LogP) is -2.67. The van der Waals surface area contributed by atoms with Crippen LogP contribution in [0.15, 0.2) is 0 Å². The first-order chi connectivity index (χ1) is 7.54. The lowest BCUT2D eigenvalue weighted by Crippen LogP contribution is -2.46. The molecule has 0 heterocycles. The summed E-state index contributed by atoms with van der Waals surface area (Å²) < 4.78 is 18.3. The molecule has 8 nitrogen and oxygen atoms in total. The number of carbonyl (C=O) groups excluding carboxylic acids is 1. The Morgan fingerprint density at radius 3 is 1.65 bits per heavy atom. The van der Waals surface area contributed by atoms with Crippen molar-refractivity contribution in [2.75, 3.05) is 6.61 Å². The van der Waals surface area contributed by atoms with Crippen molar-refractivity contribution in [2.24, 2.45) is 0 Å². The normalized spacial score (nSPS) is 18.3.